The molecule has 0 aromatic heterocycles. The quantitative estimate of drug-likeness (QED) is 0.608. The van der Waals surface area contributed by atoms with Crippen molar-refractivity contribution in [2.75, 3.05) is 13.2 Å². The third kappa shape index (κ3) is 3.12. The van der Waals surface area contributed by atoms with Gasteiger partial charge in [-0.15, -0.1) is 12.3 Å². The topological polar surface area (TPSA) is 52.6 Å². The molecule has 1 aromatic rings. The minimum Gasteiger partial charge on any atom is -0.464 e. The molecule has 4 nitrogen and oxygen atoms in total. The van der Waals surface area contributed by atoms with Gasteiger partial charge in [-0.25, -0.2) is 4.79 Å². The van der Waals surface area contributed by atoms with E-state index < -0.39 is 18.0 Å². The number of hydrogen-bond acceptors (Lipinski definition) is 4. The maximum Gasteiger partial charge on any atom is 0.332 e. The summed E-state index contributed by atoms with van der Waals surface area (Å²) in [6, 6.07) is 3.27. The number of terminal acetylenes is 1. The van der Waals surface area contributed by atoms with Gasteiger partial charge in [0.1, 0.15) is 6.61 Å². The standard InChI is InChI=1S/C16H14Cl2O4/c1-3-5-10-15(20)13-9(6-7-11(17)14(13)18)16(10)22-8-12(19)21-4-2/h1,6-7,10,16H,4-5,8H2,2H3. The maximum absolute atomic E-state index is 12.5. The molecule has 6 heteroatoms. The molecule has 0 aliphatic heterocycles. The van der Waals surface area contributed by atoms with E-state index in [1.165, 1.54) is 0 Å². The van der Waals surface area contributed by atoms with Crippen LogP contribution in [0.1, 0.15) is 35.4 Å². The Kier molecular flexibility index (Phi) is 5.47. The van der Waals surface area contributed by atoms with E-state index in [0.717, 1.165) is 0 Å². The second-order valence-electron chi connectivity index (χ2n) is 4.74. The van der Waals surface area contributed by atoms with Gasteiger partial charge in [-0.2, -0.15) is 0 Å². The summed E-state index contributed by atoms with van der Waals surface area (Å²) < 4.78 is 10.4. The van der Waals surface area contributed by atoms with Crippen LogP contribution in [0.4, 0.5) is 0 Å². The summed E-state index contributed by atoms with van der Waals surface area (Å²) in [4.78, 5) is 24.0. The molecule has 2 atom stereocenters. The number of hydrogen-bond donors (Lipinski definition) is 0. The molecule has 0 saturated heterocycles. The lowest BCUT2D eigenvalue weighted by atomic mass is 9.99. The Labute approximate surface area is 138 Å². The van der Waals surface area contributed by atoms with E-state index in [9.17, 15) is 9.59 Å². The molecule has 1 aliphatic carbocycles. The highest BCUT2D eigenvalue weighted by atomic mass is 35.5. The molecule has 1 aliphatic rings. The molecule has 0 heterocycles. The van der Waals surface area contributed by atoms with E-state index in [4.69, 9.17) is 39.1 Å². The van der Waals surface area contributed by atoms with Crippen LogP contribution in [0.3, 0.4) is 0 Å². The Hall–Kier alpha value is -1.54. The van der Waals surface area contributed by atoms with Crippen molar-refractivity contribution in [3.8, 4) is 12.3 Å². The Balaban J connectivity index is 2.31. The first-order valence-corrected chi connectivity index (χ1v) is 7.49. The van der Waals surface area contributed by atoms with E-state index in [1.54, 1.807) is 19.1 Å². The molecule has 22 heavy (non-hydrogen) atoms. The van der Waals surface area contributed by atoms with Crippen molar-refractivity contribution < 1.29 is 19.1 Å². The Morgan fingerprint density at radius 2 is 2.14 bits per heavy atom. The molecular weight excluding hydrogens is 327 g/mol. The third-order valence-corrected chi connectivity index (χ3v) is 4.21. The average molecular weight is 341 g/mol. The maximum atomic E-state index is 12.5. The Morgan fingerprint density at radius 1 is 1.41 bits per heavy atom. The van der Waals surface area contributed by atoms with Crippen molar-refractivity contribution in [3.05, 3.63) is 33.3 Å². The number of carbonyl (C=O) groups excluding carboxylic acids is 2. The lowest BCUT2D eigenvalue weighted by Crippen LogP contribution is -2.20. The number of ketones is 1. The van der Waals surface area contributed by atoms with Gasteiger partial charge in [0.05, 0.1) is 28.7 Å². The lowest BCUT2D eigenvalue weighted by Gasteiger charge is -2.18. The van der Waals surface area contributed by atoms with E-state index >= 15 is 0 Å². The monoisotopic (exact) mass is 340 g/mol. The van der Waals surface area contributed by atoms with Gasteiger partial charge in [-0.3, -0.25) is 4.79 Å². The van der Waals surface area contributed by atoms with Crippen molar-refractivity contribution in [3.63, 3.8) is 0 Å². The zero-order chi connectivity index (χ0) is 16.3. The fraction of sp³-hybridized carbons (Fsp3) is 0.375. The molecule has 0 N–H and O–H groups in total. The van der Waals surface area contributed by atoms with Crippen molar-refractivity contribution in [1.82, 2.24) is 0 Å². The predicted octanol–water partition coefficient (Wildman–Crippen LogP) is 3.45. The molecule has 0 saturated carbocycles. The SMILES string of the molecule is C#CCC1C(=O)c2c(ccc(Cl)c2Cl)C1OCC(=O)OCC. The van der Waals surface area contributed by atoms with Gasteiger partial charge < -0.3 is 9.47 Å². The largest absolute Gasteiger partial charge is 0.464 e. The first-order chi connectivity index (χ1) is 10.5. The minimum absolute atomic E-state index is 0.188. The van der Waals surface area contributed by atoms with Gasteiger partial charge in [0.15, 0.2) is 5.78 Å². The van der Waals surface area contributed by atoms with E-state index in [1.807, 2.05) is 0 Å². The first-order valence-electron chi connectivity index (χ1n) is 6.74. The fourth-order valence-corrected chi connectivity index (χ4v) is 2.91. The molecule has 0 spiro atoms. The summed E-state index contributed by atoms with van der Waals surface area (Å²) in [5.41, 5.74) is 0.923. The zero-order valence-corrected chi connectivity index (χ0v) is 13.4. The number of ether oxygens (including phenoxy) is 2. The van der Waals surface area contributed by atoms with Crippen LogP contribution in [0, 0.1) is 18.3 Å². The van der Waals surface area contributed by atoms with Crippen molar-refractivity contribution in [2.24, 2.45) is 5.92 Å². The number of benzene rings is 1. The van der Waals surface area contributed by atoms with Crippen molar-refractivity contribution in [1.29, 1.82) is 0 Å². The summed E-state index contributed by atoms with van der Waals surface area (Å²) in [6.07, 6.45) is 4.89. The Bertz CT molecular complexity index is 648. The lowest BCUT2D eigenvalue weighted by molar-refractivity contribution is -0.151. The highest BCUT2D eigenvalue weighted by Crippen LogP contribution is 2.45. The van der Waals surface area contributed by atoms with Crippen LogP contribution in [0.25, 0.3) is 0 Å². The molecule has 0 bridgehead atoms. The summed E-state index contributed by atoms with van der Waals surface area (Å²) in [5.74, 6) is 1.17. The number of Topliss-reactive ketones (excluding diaryl/α,β-unsaturated/α-hetero) is 1. The van der Waals surface area contributed by atoms with Crippen LogP contribution < -0.4 is 0 Å². The number of fused-ring (bicyclic) bond motifs is 1. The number of esters is 1. The molecular formula is C16H14Cl2O4. The first kappa shape index (κ1) is 16.8. The van der Waals surface area contributed by atoms with Crippen LogP contribution in [-0.4, -0.2) is 25.0 Å². The molecule has 1 aromatic carbocycles. The number of rotatable bonds is 5. The third-order valence-electron chi connectivity index (χ3n) is 3.41. The molecule has 2 unspecified atom stereocenters. The minimum atomic E-state index is -0.627. The smallest absolute Gasteiger partial charge is 0.332 e. The van der Waals surface area contributed by atoms with Crippen LogP contribution in [0.15, 0.2) is 12.1 Å². The van der Waals surface area contributed by atoms with Gasteiger partial charge in [-0.05, 0) is 18.6 Å². The van der Waals surface area contributed by atoms with Gasteiger partial charge in [0.25, 0.3) is 0 Å². The number of carbonyl (C=O) groups is 2. The van der Waals surface area contributed by atoms with Crippen LogP contribution in [0.2, 0.25) is 10.0 Å². The van der Waals surface area contributed by atoms with Gasteiger partial charge >= 0.3 is 5.97 Å². The van der Waals surface area contributed by atoms with Gasteiger partial charge in [-0.1, -0.05) is 29.3 Å². The van der Waals surface area contributed by atoms with E-state index in [2.05, 4.69) is 5.92 Å². The van der Waals surface area contributed by atoms with Gasteiger partial charge in [0.2, 0.25) is 0 Å². The molecule has 0 amide bonds. The van der Waals surface area contributed by atoms with Crippen LogP contribution >= 0.6 is 23.2 Å². The molecule has 0 radical (unpaired) electrons. The second-order valence-corrected chi connectivity index (χ2v) is 5.53. The van der Waals surface area contributed by atoms with Crippen LogP contribution in [0.5, 0.6) is 0 Å². The fourth-order valence-electron chi connectivity index (χ4n) is 2.49. The van der Waals surface area contributed by atoms with Crippen molar-refractivity contribution >= 4 is 35.0 Å². The zero-order valence-electron chi connectivity index (χ0n) is 11.9. The number of halogens is 2. The van der Waals surface area contributed by atoms with Crippen molar-refractivity contribution in [2.45, 2.75) is 19.4 Å². The molecule has 0 fully saturated rings. The summed E-state index contributed by atoms with van der Waals surface area (Å²) in [7, 11) is 0. The molecule has 2 rings (SSSR count). The van der Waals surface area contributed by atoms with E-state index in [0.29, 0.717) is 16.1 Å². The predicted molar refractivity (Wildman–Crippen MR) is 83.1 cm³/mol. The highest BCUT2D eigenvalue weighted by molar-refractivity contribution is 6.44. The Morgan fingerprint density at radius 3 is 2.77 bits per heavy atom. The normalized spacial score (nSPS) is 19.6. The van der Waals surface area contributed by atoms with Gasteiger partial charge in [0, 0.05) is 12.0 Å². The highest BCUT2D eigenvalue weighted by Gasteiger charge is 2.42. The summed E-state index contributed by atoms with van der Waals surface area (Å²) in [5, 5.41) is 0.479. The average Bonchev–Trinajstić information content (AvgIpc) is 2.75. The molecule has 116 valence electrons. The summed E-state index contributed by atoms with van der Waals surface area (Å²) >= 11 is 12.1. The second kappa shape index (κ2) is 7.15. The van der Waals surface area contributed by atoms with E-state index in [-0.39, 0.29) is 30.4 Å². The van der Waals surface area contributed by atoms with Crippen LogP contribution in [-0.2, 0) is 14.3 Å². The summed E-state index contributed by atoms with van der Waals surface area (Å²) in [6.45, 7) is 1.71.